The average molecular weight is 347 g/mol. The van der Waals surface area contributed by atoms with Gasteiger partial charge in [-0.15, -0.1) is 0 Å². The number of hydrogen-bond donors (Lipinski definition) is 2. The Kier molecular flexibility index (Phi) is 6.80. The fraction of sp³-hybridized carbons (Fsp3) is 0.500. The number of nitrogens with one attached hydrogen (secondary N) is 2. The minimum atomic E-state index is -0.606. The van der Waals surface area contributed by atoms with E-state index in [1.807, 2.05) is 0 Å². The van der Waals surface area contributed by atoms with Crippen LogP contribution in [0.2, 0.25) is 0 Å². The van der Waals surface area contributed by atoms with Crippen LogP contribution in [0.4, 0.5) is 0 Å². The molecule has 136 valence electrons. The lowest BCUT2D eigenvalue weighted by Crippen LogP contribution is -2.45. The lowest BCUT2D eigenvalue weighted by molar-refractivity contribution is -0.139. The van der Waals surface area contributed by atoms with Crippen molar-refractivity contribution in [3.05, 3.63) is 30.2 Å². The highest BCUT2D eigenvalue weighted by Gasteiger charge is 2.23. The van der Waals surface area contributed by atoms with E-state index in [0.29, 0.717) is 25.4 Å². The normalized spacial score (nSPS) is 15.6. The molecule has 1 aliphatic rings. The summed E-state index contributed by atoms with van der Waals surface area (Å²) in [7, 11) is 0. The first kappa shape index (κ1) is 18.8. The van der Waals surface area contributed by atoms with Crippen LogP contribution in [0.1, 0.15) is 32.4 Å². The van der Waals surface area contributed by atoms with Gasteiger partial charge in [0.05, 0.1) is 6.26 Å². The minimum Gasteiger partial charge on any atom is -0.465 e. The summed E-state index contributed by atoms with van der Waals surface area (Å²) in [6, 6.07) is 3.49. The Hall–Kier alpha value is -2.57. The van der Waals surface area contributed by atoms with Gasteiger partial charge in [0, 0.05) is 31.8 Å². The van der Waals surface area contributed by atoms with Gasteiger partial charge in [-0.2, -0.15) is 0 Å². The summed E-state index contributed by atoms with van der Waals surface area (Å²) in [6.45, 7) is 5.34. The minimum absolute atomic E-state index is 0.0461. The van der Waals surface area contributed by atoms with Crippen LogP contribution in [0, 0.1) is 5.92 Å². The number of rotatable bonds is 5. The molecule has 0 atom stereocenters. The first-order valence-electron chi connectivity index (χ1n) is 8.55. The predicted molar refractivity (Wildman–Crippen MR) is 93.3 cm³/mol. The molecule has 25 heavy (non-hydrogen) atoms. The molecular formula is C18H25N3O4. The number of likely N-dealkylation sites (tertiary alicyclic amines) is 1. The molecular weight excluding hydrogens is 322 g/mol. The largest absolute Gasteiger partial charge is 0.465 e. The van der Waals surface area contributed by atoms with Crippen molar-refractivity contribution in [1.82, 2.24) is 15.5 Å². The summed E-state index contributed by atoms with van der Waals surface area (Å²) >= 11 is 0. The Morgan fingerprint density at radius 3 is 2.60 bits per heavy atom. The van der Waals surface area contributed by atoms with Gasteiger partial charge in [-0.05, 0) is 50.8 Å². The Morgan fingerprint density at radius 1 is 1.28 bits per heavy atom. The molecule has 1 fully saturated rings. The van der Waals surface area contributed by atoms with Gasteiger partial charge in [0.25, 0.3) is 0 Å². The molecule has 0 radical (unpaired) electrons. The lowest BCUT2D eigenvalue weighted by Gasteiger charge is -2.31. The molecule has 1 saturated heterocycles. The van der Waals surface area contributed by atoms with Gasteiger partial charge in [-0.3, -0.25) is 14.4 Å². The van der Waals surface area contributed by atoms with Gasteiger partial charge in [-0.1, -0.05) is 0 Å². The van der Waals surface area contributed by atoms with E-state index in [2.05, 4.69) is 10.6 Å². The third-order valence-corrected chi connectivity index (χ3v) is 4.04. The quantitative estimate of drug-likeness (QED) is 0.618. The second kappa shape index (κ2) is 9.05. The number of carbonyl (C=O) groups excluding carboxylic acids is 3. The maximum absolute atomic E-state index is 12.1. The monoisotopic (exact) mass is 347 g/mol. The zero-order valence-corrected chi connectivity index (χ0v) is 14.7. The summed E-state index contributed by atoms with van der Waals surface area (Å²) in [5, 5.41) is 5.22. The third kappa shape index (κ3) is 6.10. The van der Waals surface area contributed by atoms with Crippen LogP contribution < -0.4 is 10.6 Å². The van der Waals surface area contributed by atoms with Crippen LogP contribution in [0.5, 0.6) is 0 Å². The Bertz CT molecular complexity index is 614. The Labute approximate surface area is 147 Å². The summed E-state index contributed by atoms with van der Waals surface area (Å²) in [6.07, 6.45) is 6.32. The van der Waals surface area contributed by atoms with E-state index in [1.54, 1.807) is 43.2 Å². The molecule has 0 spiro atoms. The summed E-state index contributed by atoms with van der Waals surface area (Å²) in [5.41, 5.74) is 0. The highest BCUT2D eigenvalue weighted by atomic mass is 16.3. The van der Waals surface area contributed by atoms with Crippen molar-refractivity contribution in [3.8, 4) is 0 Å². The number of furan rings is 1. The summed E-state index contributed by atoms with van der Waals surface area (Å²) in [5.74, 6) is -0.339. The molecule has 0 aliphatic carbocycles. The van der Waals surface area contributed by atoms with Gasteiger partial charge in [0.15, 0.2) is 0 Å². The van der Waals surface area contributed by atoms with E-state index in [-0.39, 0.29) is 17.9 Å². The van der Waals surface area contributed by atoms with Gasteiger partial charge >= 0.3 is 11.8 Å². The second-order valence-electron chi connectivity index (χ2n) is 6.46. The molecule has 7 nitrogen and oxygen atoms in total. The fourth-order valence-electron chi connectivity index (χ4n) is 2.65. The van der Waals surface area contributed by atoms with Crippen LogP contribution in [0.3, 0.4) is 0 Å². The Morgan fingerprint density at radius 2 is 2.00 bits per heavy atom. The van der Waals surface area contributed by atoms with Crippen molar-refractivity contribution in [1.29, 1.82) is 0 Å². The lowest BCUT2D eigenvalue weighted by atomic mass is 9.96. The summed E-state index contributed by atoms with van der Waals surface area (Å²) in [4.78, 5) is 37.1. The van der Waals surface area contributed by atoms with Gasteiger partial charge in [-0.25, -0.2) is 0 Å². The molecule has 0 bridgehead atoms. The van der Waals surface area contributed by atoms with Gasteiger partial charge in [0.1, 0.15) is 5.76 Å². The van der Waals surface area contributed by atoms with E-state index >= 15 is 0 Å². The van der Waals surface area contributed by atoms with Crippen LogP contribution >= 0.6 is 0 Å². The first-order valence-corrected chi connectivity index (χ1v) is 8.55. The molecule has 0 aromatic carbocycles. The molecule has 7 heteroatoms. The van der Waals surface area contributed by atoms with Crippen molar-refractivity contribution in [2.45, 2.75) is 32.7 Å². The number of nitrogens with zero attached hydrogens (tertiary/aromatic N) is 1. The number of amides is 3. The zero-order valence-electron chi connectivity index (χ0n) is 14.7. The maximum Gasteiger partial charge on any atom is 0.309 e. The van der Waals surface area contributed by atoms with Crippen LogP contribution in [-0.4, -0.2) is 48.3 Å². The number of hydrogen-bond acceptors (Lipinski definition) is 4. The maximum atomic E-state index is 12.1. The zero-order chi connectivity index (χ0) is 18.2. The standard InChI is InChI=1S/C18H25N3O4/c1-13(2)20-18(24)17(23)19-12-14-7-9-21(10-8-14)16(22)6-5-15-4-3-11-25-15/h3-6,11,13-14H,7-10,12H2,1-2H3,(H,19,23)(H,20,24)/b6-5+. The molecule has 0 unspecified atom stereocenters. The van der Waals surface area contributed by atoms with Crippen molar-refractivity contribution in [2.24, 2.45) is 5.92 Å². The van der Waals surface area contributed by atoms with E-state index in [4.69, 9.17) is 4.42 Å². The SMILES string of the molecule is CC(C)NC(=O)C(=O)NCC1CCN(C(=O)/C=C/c2ccco2)CC1. The number of piperidine rings is 1. The molecule has 1 aromatic heterocycles. The van der Waals surface area contributed by atoms with Crippen LogP contribution in [0.15, 0.2) is 28.9 Å². The molecule has 2 heterocycles. The molecule has 2 N–H and O–H groups in total. The topological polar surface area (TPSA) is 91.7 Å². The first-order chi connectivity index (χ1) is 12.0. The second-order valence-corrected chi connectivity index (χ2v) is 6.46. The van der Waals surface area contributed by atoms with Crippen molar-refractivity contribution in [3.63, 3.8) is 0 Å². The van der Waals surface area contributed by atoms with E-state index in [1.165, 1.54) is 6.08 Å². The molecule has 3 amide bonds. The van der Waals surface area contributed by atoms with E-state index in [9.17, 15) is 14.4 Å². The van der Waals surface area contributed by atoms with Crippen molar-refractivity contribution >= 4 is 23.8 Å². The highest BCUT2D eigenvalue weighted by Crippen LogP contribution is 2.17. The predicted octanol–water partition coefficient (Wildman–Crippen LogP) is 1.17. The molecule has 1 aromatic rings. The van der Waals surface area contributed by atoms with Crippen LogP contribution in [-0.2, 0) is 14.4 Å². The fourth-order valence-corrected chi connectivity index (χ4v) is 2.65. The highest BCUT2D eigenvalue weighted by molar-refractivity contribution is 6.35. The van der Waals surface area contributed by atoms with Gasteiger partial charge < -0.3 is 20.0 Å². The van der Waals surface area contributed by atoms with Crippen molar-refractivity contribution in [2.75, 3.05) is 19.6 Å². The van der Waals surface area contributed by atoms with Gasteiger partial charge in [0.2, 0.25) is 5.91 Å². The Balaban J connectivity index is 1.70. The van der Waals surface area contributed by atoms with E-state index < -0.39 is 11.8 Å². The third-order valence-electron chi connectivity index (χ3n) is 4.04. The summed E-state index contributed by atoms with van der Waals surface area (Å²) < 4.78 is 5.16. The van der Waals surface area contributed by atoms with Crippen molar-refractivity contribution < 1.29 is 18.8 Å². The molecule has 2 rings (SSSR count). The number of carbonyl (C=O) groups is 3. The molecule has 0 saturated carbocycles. The van der Waals surface area contributed by atoms with Crippen LogP contribution in [0.25, 0.3) is 6.08 Å². The van der Waals surface area contributed by atoms with E-state index in [0.717, 1.165) is 12.8 Å². The smallest absolute Gasteiger partial charge is 0.309 e. The average Bonchev–Trinajstić information content (AvgIpc) is 3.11. The molecule has 1 aliphatic heterocycles.